The van der Waals surface area contributed by atoms with Gasteiger partial charge in [-0.05, 0) is 48.9 Å². The van der Waals surface area contributed by atoms with E-state index in [0.29, 0.717) is 32.6 Å². The zero-order chi connectivity index (χ0) is 27.0. The molecule has 10 heteroatoms. The fourth-order valence-corrected chi connectivity index (χ4v) is 6.70. The van der Waals surface area contributed by atoms with Crippen molar-refractivity contribution in [3.63, 3.8) is 0 Å². The van der Waals surface area contributed by atoms with Crippen molar-refractivity contribution in [2.24, 2.45) is 0 Å². The second-order valence-electron chi connectivity index (χ2n) is 9.96. The molecule has 1 fully saturated rings. The van der Waals surface area contributed by atoms with E-state index in [1.165, 1.54) is 35.1 Å². The Labute approximate surface area is 228 Å². The molecule has 0 spiro atoms. The summed E-state index contributed by atoms with van der Waals surface area (Å²) in [7, 11) is 0. The molecular weight excluding hydrogens is 523 g/mol. The highest BCUT2D eigenvalue weighted by Gasteiger charge is 2.34. The highest BCUT2D eigenvalue weighted by Crippen LogP contribution is 2.40. The fraction of sp³-hybridized carbons (Fsp3) is 0.345. The smallest absolute Gasteiger partial charge is 0.352 e. The van der Waals surface area contributed by atoms with Crippen LogP contribution in [-0.2, 0) is 25.4 Å². The van der Waals surface area contributed by atoms with Crippen LogP contribution in [0.4, 0.5) is 29.5 Å². The normalized spacial score (nSPS) is 15.9. The summed E-state index contributed by atoms with van der Waals surface area (Å²) in [5.41, 5.74) is 1.41. The van der Waals surface area contributed by atoms with Crippen LogP contribution in [0.25, 0.3) is 10.2 Å². The minimum Gasteiger partial charge on any atom is -0.352 e. The maximum absolute atomic E-state index is 13.4. The molecule has 2 aliphatic rings. The summed E-state index contributed by atoms with van der Waals surface area (Å²) in [6.07, 6.45) is 0.509. The lowest BCUT2D eigenvalue weighted by Gasteiger charge is -2.36. The van der Waals surface area contributed by atoms with Crippen molar-refractivity contribution in [1.29, 1.82) is 0 Å². The predicted molar refractivity (Wildman–Crippen MR) is 148 cm³/mol. The lowest BCUT2D eigenvalue weighted by molar-refractivity contribution is -0.136. The highest BCUT2D eigenvalue weighted by molar-refractivity contribution is 7.19. The number of urea groups is 1. The molecule has 1 N–H and O–H groups in total. The summed E-state index contributed by atoms with van der Waals surface area (Å²) < 4.78 is 40.2. The first kappa shape index (κ1) is 25.6. The van der Waals surface area contributed by atoms with Gasteiger partial charge in [0.25, 0.3) is 0 Å². The van der Waals surface area contributed by atoms with E-state index in [1.54, 1.807) is 16.2 Å². The van der Waals surface area contributed by atoms with Crippen molar-refractivity contribution >= 4 is 39.1 Å². The molecule has 6 nitrogen and oxygen atoms in total. The number of para-hydroxylation sites is 1. The van der Waals surface area contributed by atoms with E-state index >= 15 is 0 Å². The number of thiophene rings is 1. The number of halogens is 3. The van der Waals surface area contributed by atoms with Gasteiger partial charge in [-0.2, -0.15) is 13.2 Å². The van der Waals surface area contributed by atoms with Crippen LogP contribution >= 0.6 is 11.3 Å². The van der Waals surface area contributed by atoms with Gasteiger partial charge in [0.1, 0.15) is 16.5 Å². The summed E-state index contributed by atoms with van der Waals surface area (Å²) in [6.45, 7) is 1.84. The van der Waals surface area contributed by atoms with Crippen LogP contribution in [0.3, 0.4) is 0 Å². The van der Waals surface area contributed by atoms with E-state index in [2.05, 4.69) is 22.3 Å². The fourth-order valence-electron chi connectivity index (χ4n) is 5.42. The van der Waals surface area contributed by atoms with Crippen molar-refractivity contribution < 1.29 is 18.0 Å². The molecule has 4 aromatic rings. The van der Waals surface area contributed by atoms with Gasteiger partial charge in [0.05, 0.1) is 16.6 Å². The number of nitrogens with zero attached hydrogens (tertiary/aromatic N) is 4. The number of hydrogen-bond donors (Lipinski definition) is 1. The van der Waals surface area contributed by atoms with E-state index in [9.17, 15) is 18.0 Å². The van der Waals surface area contributed by atoms with E-state index in [0.717, 1.165) is 52.8 Å². The largest absolute Gasteiger partial charge is 0.418 e. The Balaban J connectivity index is 1.24. The number of amides is 2. The quantitative estimate of drug-likeness (QED) is 0.313. The minimum absolute atomic E-state index is 0.231. The number of piperazine rings is 1. The summed E-state index contributed by atoms with van der Waals surface area (Å²) in [6, 6.07) is 14.7. The number of aromatic nitrogens is 2. The topological polar surface area (TPSA) is 61.4 Å². The maximum atomic E-state index is 13.4. The van der Waals surface area contributed by atoms with Gasteiger partial charge in [0.15, 0.2) is 0 Å². The Morgan fingerprint density at radius 1 is 0.923 bits per heavy atom. The average molecular weight is 552 g/mol. The Bertz CT molecular complexity index is 1500. The van der Waals surface area contributed by atoms with Gasteiger partial charge < -0.3 is 15.1 Å². The molecule has 0 atom stereocenters. The monoisotopic (exact) mass is 551 g/mol. The van der Waals surface area contributed by atoms with E-state index in [4.69, 9.17) is 9.97 Å². The Hall–Kier alpha value is -3.66. The lowest BCUT2D eigenvalue weighted by atomic mass is 9.96. The number of carbonyl (C=O) groups excluding carboxylic acids is 1. The lowest BCUT2D eigenvalue weighted by Crippen LogP contribution is -2.50. The third-order valence-corrected chi connectivity index (χ3v) is 8.57. The molecule has 202 valence electrons. The second kappa shape index (κ2) is 10.5. The van der Waals surface area contributed by atoms with E-state index in [1.807, 2.05) is 18.2 Å². The first-order valence-electron chi connectivity index (χ1n) is 13.2. The van der Waals surface area contributed by atoms with Gasteiger partial charge in [-0.1, -0.05) is 42.5 Å². The zero-order valence-corrected chi connectivity index (χ0v) is 22.1. The van der Waals surface area contributed by atoms with Crippen molar-refractivity contribution in [2.45, 2.75) is 38.3 Å². The first-order chi connectivity index (χ1) is 18.9. The van der Waals surface area contributed by atoms with Crippen molar-refractivity contribution in [1.82, 2.24) is 14.9 Å². The Morgan fingerprint density at radius 2 is 1.64 bits per heavy atom. The molecule has 39 heavy (non-hydrogen) atoms. The molecule has 2 amide bonds. The van der Waals surface area contributed by atoms with Gasteiger partial charge in [0, 0.05) is 37.5 Å². The molecule has 6 rings (SSSR count). The molecule has 2 aromatic heterocycles. The van der Waals surface area contributed by atoms with Gasteiger partial charge >= 0.3 is 12.2 Å². The first-order valence-corrected chi connectivity index (χ1v) is 14.0. The van der Waals surface area contributed by atoms with Crippen molar-refractivity contribution in [2.75, 3.05) is 36.4 Å². The average Bonchev–Trinajstić information content (AvgIpc) is 3.31. The molecular formula is C29H28F3N5OS. The Kier molecular flexibility index (Phi) is 6.88. The SMILES string of the molecule is O=C(Nc1ccccc1C(F)(F)F)N1CCN(c2nc(Cc3ccccc3)nc3sc4c(c23)CCCC4)CC1. The van der Waals surface area contributed by atoms with Crippen LogP contribution in [-0.4, -0.2) is 47.1 Å². The predicted octanol–water partition coefficient (Wildman–Crippen LogP) is 6.53. The number of nitrogens with one attached hydrogen (secondary N) is 1. The second-order valence-corrected chi connectivity index (χ2v) is 11.0. The van der Waals surface area contributed by atoms with E-state index < -0.39 is 17.8 Å². The zero-order valence-electron chi connectivity index (χ0n) is 21.3. The number of rotatable bonds is 4. The van der Waals surface area contributed by atoms with Crippen LogP contribution in [0.1, 0.15) is 40.2 Å². The molecule has 1 aliphatic heterocycles. The molecule has 3 heterocycles. The molecule has 0 radical (unpaired) electrons. The van der Waals surface area contributed by atoms with Gasteiger partial charge in [-0.25, -0.2) is 14.8 Å². The van der Waals surface area contributed by atoms with Crippen LogP contribution in [0, 0.1) is 0 Å². The van der Waals surface area contributed by atoms with Crippen LogP contribution < -0.4 is 10.2 Å². The highest BCUT2D eigenvalue weighted by atomic mass is 32.1. The number of aryl methyl sites for hydroxylation is 2. The molecule has 0 bridgehead atoms. The summed E-state index contributed by atoms with van der Waals surface area (Å²) in [4.78, 5) is 29.1. The standard InChI is InChI=1S/C29H28F3N5OS/c30-29(31,32)21-11-5-6-12-22(21)33-28(38)37-16-14-36(15-17-37)26-25-20-10-4-7-13-23(20)39-27(25)35-24(34-26)18-19-8-2-1-3-9-19/h1-3,5-6,8-9,11-12H,4,7,10,13-18H2,(H,33,38). The number of alkyl halides is 3. The Morgan fingerprint density at radius 3 is 2.41 bits per heavy atom. The molecule has 1 aliphatic carbocycles. The number of benzene rings is 2. The molecule has 2 aromatic carbocycles. The van der Waals surface area contributed by atoms with Crippen LogP contribution in [0.5, 0.6) is 0 Å². The molecule has 1 saturated heterocycles. The number of carbonyl (C=O) groups is 1. The molecule has 0 unspecified atom stereocenters. The minimum atomic E-state index is -4.54. The van der Waals surface area contributed by atoms with Crippen molar-refractivity contribution in [3.8, 4) is 0 Å². The summed E-state index contributed by atoms with van der Waals surface area (Å²) in [5, 5.41) is 3.60. The number of anilines is 2. The van der Waals surface area contributed by atoms with Crippen molar-refractivity contribution in [3.05, 3.63) is 82.0 Å². The number of hydrogen-bond acceptors (Lipinski definition) is 5. The third kappa shape index (κ3) is 5.30. The van der Waals surface area contributed by atoms with Crippen LogP contribution in [0.15, 0.2) is 54.6 Å². The number of fused-ring (bicyclic) bond motifs is 3. The van der Waals surface area contributed by atoms with Gasteiger partial charge in [0.2, 0.25) is 0 Å². The summed E-state index contributed by atoms with van der Waals surface area (Å²) >= 11 is 1.77. The maximum Gasteiger partial charge on any atom is 0.418 e. The molecule has 0 saturated carbocycles. The third-order valence-electron chi connectivity index (χ3n) is 7.39. The van der Waals surface area contributed by atoms with Crippen LogP contribution in [0.2, 0.25) is 0 Å². The van der Waals surface area contributed by atoms with E-state index in [-0.39, 0.29) is 5.69 Å². The summed E-state index contributed by atoms with van der Waals surface area (Å²) in [5.74, 6) is 1.68. The van der Waals surface area contributed by atoms with Gasteiger partial charge in [-0.15, -0.1) is 11.3 Å². The van der Waals surface area contributed by atoms with Gasteiger partial charge in [-0.3, -0.25) is 0 Å².